The molecule has 3 aromatic carbocycles. The van der Waals surface area contributed by atoms with Crippen molar-refractivity contribution in [2.24, 2.45) is 0 Å². The Bertz CT molecular complexity index is 2050. The topological polar surface area (TPSA) is 132 Å². The van der Waals surface area contributed by atoms with E-state index in [9.17, 15) is 14.4 Å². The third-order valence-corrected chi connectivity index (χ3v) is 9.74. The van der Waals surface area contributed by atoms with Crippen molar-refractivity contribution in [1.29, 1.82) is 0 Å². The number of fused-ring (bicyclic) bond motifs is 2. The smallest absolute Gasteiger partial charge is 0.255 e. The fourth-order valence-corrected chi connectivity index (χ4v) is 7.20. The third-order valence-electron chi connectivity index (χ3n) is 8.69. The molecule has 2 aliphatic rings. The van der Waals surface area contributed by atoms with E-state index >= 15 is 0 Å². The van der Waals surface area contributed by atoms with E-state index in [-0.39, 0.29) is 18.2 Å². The Labute approximate surface area is 287 Å². The molecular formula is C37H35N5O6S. The van der Waals surface area contributed by atoms with Crippen molar-refractivity contribution in [2.45, 2.75) is 32.4 Å². The summed E-state index contributed by atoms with van der Waals surface area (Å²) >= 11 is 1.66. The van der Waals surface area contributed by atoms with Gasteiger partial charge in [-0.3, -0.25) is 19.7 Å². The first-order valence-electron chi connectivity index (χ1n) is 16.1. The van der Waals surface area contributed by atoms with Gasteiger partial charge in [-0.25, -0.2) is 9.97 Å². The highest BCUT2D eigenvalue weighted by Crippen LogP contribution is 2.35. The number of pyridine rings is 1. The van der Waals surface area contributed by atoms with Crippen molar-refractivity contribution in [2.75, 3.05) is 38.8 Å². The lowest BCUT2D eigenvalue weighted by atomic mass is 10.0. The second kappa shape index (κ2) is 14.0. The molecule has 0 saturated carbocycles. The molecular weight excluding hydrogens is 643 g/mol. The number of ether oxygens (including phenoxy) is 3. The predicted molar refractivity (Wildman–Crippen MR) is 187 cm³/mol. The van der Waals surface area contributed by atoms with Gasteiger partial charge in [0.05, 0.1) is 30.5 Å². The number of nitrogens with zero attached hydrogens (tertiary/aromatic N) is 3. The van der Waals surface area contributed by atoms with E-state index in [1.165, 1.54) is 4.90 Å². The molecule has 49 heavy (non-hydrogen) atoms. The maximum atomic E-state index is 12.9. The standard InChI is InChI=1S/C37H35N5O6S/c1-22-17-23(3-7-28(22)36-40-30-9-6-26(46-2)19-32(30)49-36)24-4-11-33(39-20-24)38-13-14-47-15-16-48-27-5-8-29-25(18-27)21-42(37(29)45)31-10-12-34(43)41-35(31)44/h3-9,11,17-20,31H,10,12-16,21H2,1-2H3,(H,38,39)(H,41,43,44). The zero-order chi connectivity index (χ0) is 33.9. The number of aromatic nitrogens is 2. The second-order valence-corrected chi connectivity index (χ2v) is 13.0. The van der Waals surface area contributed by atoms with Crippen LogP contribution in [0.4, 0.5) is 5.82 Å². The van der Waals surface area contributed by atoms with Gasteiger partial charge in [-0.1, -0.05) is 18.2 Å². The van der Waals surface area contributed by atoms with Gasteiger partial charge in [0.15, 0.2) is 0 Å². The normalized spacial score (nSPS) is 15.8. The number of rotatable bonds is 12. The fraction of sp³-hybridized carbons (Fsp3) is 0.270. The van der Waals surface area contributed by atoms with Crippen LogP contribution >= 0.6 is 11.3 Å². The van der Waals surface area contributed by atoms with Gasteiger partial charge < -0.3 is 24.4 Å². The van der Waals surface area contributed by atoms with Crippen molar-refractivity contribution in [1.82, 2.24) is 20.2 Å². The molecule has 2 N–H and O–H groups in total. The Morgan fingerprint density at radius 3 is 2.57 bits per heavy atom. The molecule has 2 aromatic heterocycles. The summed E-state index contributed by atoms with van der Waals surface area (Å²) in [5, 5.41) is 6.60. The number of aryl methyl sites for hydroxylation is 1. The number of benzene rings is 3. The summed E-state index contributed by atoms with van der Waals surface area (Å²) < 4.78 is 18.0. The van der Waals surface area contributed by atoms with Crippen LogP contribution in [0.25, 0.3) is 31.9 Å². The van der Waals surface area contributed by atoms with Gasteiger partial charge in [0.2, 0.25) is 11.8 Å². The molecule has 1 unspecified atom stereocenters. The molecule has 4 heterocycles. The molecule has 250 valence electrons. The largest absolute Gasteiger partial charge is 0.497 e. The van der Waals surface area contributed by atoms with Crippen LogP contribution in [0.1, 0.15) is 34.3 Å². The van der Waals surface area contributed by atoms with E-state index in [1.54, 1.807) is 30.6 Å². The number of thiazole rings is 1. The molecule has 11 nitrogen and oxygen atoms in total. The SMILES string of the molecule is COc1ccc2nc(-c3ccc(-c4ccc(NCCOCCOc5ccc6c(c5)CN(C5CCC(=O)NC5=O)C6=O)nc4)cc3C)sc2c1. The summed E-state index contributed by atoms with van der Waals surface area (Å²) in [5.41, 5.74) is 6.70. The monoisotopic (exact) mass is 677 g/mol. The van der Waals surface area contributed by atoms with Gasteiger partial charge in [-0.15, -0.1) is 11.3 Å². The third kappa shape index (κ3) is 6.96. The van der Waals surface area contributed by atoms with E-state index in [0.29, 0.717) is 50.6 Å². The molecule has 3 amide bonds. The van der Waals surface area contributed by atoms with Gasteiger partial charge in [0.25, 0.3) is 5.91 Å². The lowest BCUT2D eigenvalue weighted by Gasteiger charge is -2.29. The summed E-state index contributed by atoms with van der Waals surface area (Å²) in [6.45, 7) is 4.22. The molecule has 7 rings (SSSR count). The number of methoxy groups -OCH3 is 1. The number of amides is 3. The molecule has 0 aliphatic carbocycles. The van der Waals surface area contributed by atoms with Crippen molar-refractivity contribution in [3.8, 4) is 33.2 Å². The van der Waals surface area contributed by atoms with E-state index in [4.69, 9.17) is 19.2 Å². The molecule has 1 saturated heterocycles. The Morgan fingerprint density at radius 2 is 1.78 bits per heavy atom. The first-order valence-corrected chi connectivity index (χ1v) is 16.9. The molecule has 12 heteroatoms. The minimum absolute atomic E-state index is 0.205. The van der Waals surface area contributed by atoms with Crippen LogP contribution in [-0.4, -0.2) is 72.1 Å². The quantitative estimate of drug-likeness (QED) is 0.128. The highest BCUT2D eigenvalue weighted by atomic mass is 32.1. The Morgan fingerprint density at radius 1 is 0.939 bits per heavy atom. The van der Waals surface area contributed by atoms with Gasteiger partial charge >= 0.3 is 0 Å². The molecule has 1 atom stereocenters. The van der Waals surface area contributed by atoms with Crippen LogP contribution in [0.3, 0.4) is 0 Å². The van der Waals surface area contributed by atoms with Crippen LogP contribution in [0, 0.1) is 6.92 Å². The summed E-state index contributed by atoms with van der Waals surface area (Å²) in [4.78, 5) is 47.6. The van der Waals surface area contributed by atoms with Crippen LogP contribution in [0.2, 0.25) is 0 Å². The Kier molecular flexibility index (Phi) is 9.23. The van der Waals surface area contributed by atoms with Crippen LogP contribution < -0.4 is 20.1 Å². The van der Waals surface area contributed by atoms with Crippen molar-refractivity contribution in [3.63, 3.8) is 0 Å². The van der Waals surface area contributed by atoms with Crippen molar-refractivity contribution in [3.05, 3.63) is 89.6 Å². The van der Waals surface area contributed by atoms with Crippen molar-refractivity contribution >= 4 is 45.1 Å². The summed E-state index contributed by atoms with van der Waals surface area (Å²) in [5.74, 6) is 1.29. The van der Waals surface area contributed by atoms with Gasteiger partial charge in [0, 0.05) is 42.4 Å². The number of carbonyl (C=O) groups excluding carboxylic acids is 3. The number of hydrogen-bond donors (Lipinski definition) is 2. The molecule has 0 spiro atoms. The molecule has 2 aliphatic heterocycles. The van der Waals surface area contributed by atoms with Gasteiger partial charge in [0.1, 0.15) is 35.0 Å². The van der Waals surface area contributed by atoms with Crippen LogP contribution in [0.15, 0.2) is 72.9 Å². The first kappa shape index (κ1) is 32.2. The molecule has 5 aromatic rings. The Balaban J connectivity index is 0.844. The zero-order valence-corrected chi connectivity index (χ0v) is 28.0. The van der Waals surface area contributed by atoms with Crippen LogP contribution in [-0.2, 0) is 20.9 Å². The zero-order valence-electron chi connectivity index (χ0n) is 27.2. The average Bonchev–Trinajstić information content (AvgIpc) is 3.68. The minimum atomic E-state index is -0.637. The predicted octanol–water partition coefficient (Wildman–Crippen LogP) is 5.61. The average molecular weight is 678 g/mol. The Hall–Kier alpha value is -5.33. The van der Waals surface area contributed by atoms with E-state index in [1.807, 2.05) is 36.5 Å². The van der Waals surface area contributed by atoms with E-state index in [2.05, 4.69) is 46.8 Å². The van der Waals surface area contributed by atoms with Crippen LogP contribution in [0.5, 0.6) is 11.5 Å². The maximum Gasteiger partial charge on any atom is 0.255 e. The molecule has 0 radical (unpaired) electrons. The maximum absolute atomic E-state index is 12.9. The fourth-order valence-electron chi connectivity index (χ4n) is 6.11. The van der Waals surface area contributed by atoms with E-state index in [0.717, 1.165) is 54.6 Å². The highest BCUT2D eigenvalue weighted by molar-refractivity contribution is 7.21. The number of imide groups is 1. The lowest BCUT2D eigenvalue weighted by Crippen LogP contribution is -2.52. The molecule has 1 fully saturated rings. The van der Waals surface area contributed by atoms with E-state index < -0.39 is 11.9 Å². The first-order chi connectivity index (χ1) is 23.9. The number of anilines is 1. The number of nitrogens with one attached hydrogen (secondary N) is 2. The summed E-state index contributed by atoms with van der Waals surface area (Å²) in [6, 6.07) is 21.0. The van der Waals surface area contributed by atoms with Gasteiger partial charge in [-0.05, 0) is 78.6 Å². The minimum Gasteiger partial charge on any atom is -0.497 e. The number of carbonyl (C=O) groups is 3. The highest BCUT2D eigenvalue weighted by Gasteiger charge is 2.39. The number of piperidine rings is 1. The lowest BCUT2D eigenvalue weighted by molar-refractivity contribution is -0.136. The molecule has 0 bridgehead atoms. The summed E-state index contributed by atoms with van der Waals surface area (Å²) in [7, 11) is 1.67. The van der Waals surface area contributed by atoms with Crippen molar-refractivity contribution < 1.29 is 28.6 Å². The van der Waals surface area contributed by atoms with Gasteiger partial charge in [-0.2, -0.15) is 0 Å². The number of hydrogen-bond acceptors (Lipinski definition) is 10. The summed E-state index contributed by atoms with van der Waals surface area (Å²) in [6.07, 6.45) is 2.42. The second-order valence-electron chi connectivity index (χ2n) is 11.9.